The van der Waals surface area contributed by atoms with Gasteiger partial charge >= 0.3 is 0 Å². The van der Waals surface area contributed by atoms with Crippen molar-refractivity contribution in [3.63, 3.8) is 0 Å². The molecule has 1 aliphatic rings. The van der Waals surface area contributed by atoms with E-state index in [-0.39, 0.29) is 5.92 Å². The summed E-state index contributed by atoms with van der Waals surface area (Å²) in [4.78, 5) is 11.6. The lowest BCUT2D eigenvalue weighted by Crippen LogP contribution is -2.40. The molecule has 0 aliphatic carbocycles. The fourth-order valence-electron chi connectivity index (χ4n) is 3.43. The second-order valence-corrected chi connectivity index (χ2v) is 7.48. The van der Waals surface area contributed by atoms with E-state index in [1.165, 1.54) is 12.0 Å². The maximum Gasteiger partial charge on any atom is 0.228 e. The summed E-state index contributed by atoms with van der Waals surface area (Å²) in [5.74, 6) is 3.40. The van der Waals surface area contributed by atoms with Crippen molar-refractivity contribution in [2.75, 3.05) is 26.2 Å². The number of likely N-dealkylation sites (tertiary alicyclic amines) is 1. The van der Waals surface area contributed by atoms with Crippen LogP contribution in [0.5, 0.6) is 0 Å². The molecule has 1 fully saturated rings. The quantitative estimate of drug-likeness (QED) is 0.599. The first kappa shape index (κ1) is 19.4. The zero-order chi connectivity index (χ0) is 19.1. The Kier molecular flexibility index (Phi) is 6.85. The molecule has 1 atom stereocenters. The smallest absolute Gasteiger partial charge is 0.228 e. The van der Waals surface area contributed by atoms with Gasteiger partial charge in [0.05, 0.1) is 6.54 Å². The molecule has 0 bridgehead atoms. The van der Waals surface area contributed by atoms with Crippen LogP contribution in [0.2, 0.25) is 0 Å². The standard InChI is InChI=1S/C21H31N5O/c1-4-22-21(23-12-10-19-24-20(16(2)3)25-27-19)26-13-11-18(15-26)14-17-8-6-5-7-9-17/h5-9,16,18H,4,10-15H2,1-3H3,(H,22,23). The molecule has 6 heteroatoms. The minimum absolute atomic E-state index is 0.287. The van der Waals surface area contributed by atoms with Crippen LogP contribution in [-0.4, -0.2) is 47.2 Å². The molecule has 1 aliphatic heterocycles. The molecule has 0 amide bonds. The summed E-state index contributed by atoms with van der Waals surface area (Å²) < 4.78 is 5.31. The maximum absolute atomic E-state index is 5.31. The molecule has 1 N–H and O–H groups in total. The number of aromatic nitrogens is 2. The van der Waals surface area contributed by atoms with Gasteiger partial charge in [-0.3, -0.25) is 4.99 Å². The monoisotopic (exact) mass is 369 g/mol. The molecular weight excluding hydrogens is 338 g/mol. The average molecular weight is 370 g/mol. The molecule has 6 nitrogen and oxygen atoms in total. The van der Waals surface area contributed by atoms with Crippen LogP contribution in [0, 0.1) is 5.92 Å². The second-order valence-electron chi connectivity index (χ2n) is 7.48. The van der Waals surface area contributed by atoms with Gasteiger partial charge in [-0.2, -0.15) is 4.98 Å². The summed E-state index contributed by atoms with van der Waals surface area (Å²) in [6.07, 6.45) is 3.02. The molecule has 1 aromatic carbocycles. The van der Waals surface area contributed by atoms with E-state index in [1.54, 1.807) is 0 Å². The van der Waals surface area contributed by atoms with Gasteiger partial charge in [0.25, 0.3) is 0 Å². The summed E-state index contributed by atoms with van der Waals surface area (Å²) in [5, 5.41) is 7.44. The predicted molar refractivity (Wildman–Crippen MR) is 108 cm³/mol. The van der Waals surface area contributed by atoms with Crippen LogP contribution in [0.3, 0.4) is 0 Å². The lowest BCUT2D eigenvalue weighted by molar-refractivity contribution is 0.372. The Hall–Kier alpha value is -2.37. The maximum atomic E-state index is 5.31. The Bertz CT molecular complexity index is 725. The van der Waals surface area contributed by atoms with Gasteiger partial charge in [-0.1, -0.05) is 49.3 Å². The zero-order valence-electron chi connectivity index (χ0n) is 16.7. The van der Waals surface area contributed by atoms with Crippen molar-refractivity contribution in [2.45, 2.75) is 46.0 Å². The van der Waals surface area contributed by atoms with Crippen molar-refractivity contribution in [3.05, 3.63) is 47.6 Å². The summed E-state index contributed by atoms with van der Waals surface area (Å²) >= 11 is 0. The average Bonchev–Trinajstić information content (AvgIpc) is 3.32. The van der Waals surface area contributed by atoms with E-state index in [4.69, 9.17) is 9.52 Å². The minimum atomic E-state index is 0.287. The number of hydrogen-bond donors (Lipinski definition) is 1. The number of guanidine groups is 1. The van der Waals surface area contributed by atoms with Crippen LogP contribution in [0.1, 0.15) is 50.4 Å². The Morgan fingerprint density at radius 2 is 2.15 bits per heavy atom. The van der Waals surface area contributed by atoms with Gasteiger partial charge in [0.2, 0.25) is 5.89 Å². The van der Waals surface area contributed by atoms with Crippen molar-refractivity contribution in [1.82, 2.24) is 20.4 Å². The van der Waals surface area contributed by atoms with E-state index in [0.717, 1.165) is 37.8 Å². The number of aliphatic imine (C=N–C) groups is 1. The highest BCUT2D eigenvalue weighted by Gasteiger charge is 2.25. The van der Waals surface area contributed by atoms with Crippen LogP contribution in [0.15, 0.2) is 39.8 Å². The van der Waals surface area contributed by atoms with Gasteiger partial charge in [0.1, 0.15) is 0 Å². The molecule has 2 heterocycles. The summed E-state index contributed by atoms with van der Waals surface area (Å²) in [6, 6.07) is 10.8. The van der Waals surface area contributed by atoms with Crippen LogP contribution in [0.4, 0.5) is 0 Å². The Labute approximate surface area is 162 Å². The highest BCUT2D eigenvalue weighted by Crippen LogP contribution is 2.21. The lowest BCUT2D eigenvalue weighted by Gasteiger charge is -2.21. The van der Waals surface area contributed by atoms with Crippen LogP contribution < -0.4 is 5.32 Å². The van der Waals surface area contributed by atoms with Crippen LogP contribution in [0.25, 0.3) is 0 Å². The Balaban J connectivity index is 1.53. The zero-order valence-corrected chi connectivity index (χ0v) is 16.7. The molecule has 0 radical (unpaired) electrons. The van der Waals surface area contributed by atoms with Gasteiger partial charge in [0.15, 0.2) is 11.8 Å². The van der Waals surface area contributed by atoms with E-state index in [9.17, 15) is 0 Å². The molecule has 1 saturated heterocycles. The molecule has 2 aromatic rings. The molecule has 1 aromatic heterocycles. The van der Waals surface area contributed by atoms with E-state index in [2.05, 4.69) is 71.5 Å². The number of benzene rings is 1. The Morgan fingerprint density at radius 3 is 2.85 bits per heavy atom. The van der Waals surface area contributed by atoms with E-state index in [1.807, 2.05) is 0 Å². The molecule has 0 saturated carbocycles. The highest BCUT2D eigenvalue weighted by atomic mass is 16.5. The number of hydrogen-bond acceptors (Lipinski definition) is 4. The lowest BCUT2D eigenvalue weighted by atomic mass is 9.99. The first-order chi connectivity index (χ1) is 13.2. The predicted octanol–water partition coefficient (Wildman–Crippen LogP) is 3.27. The Morgan fingerprint density at radius 1 is 1.33 bits per heavy atom. The molecule has 0 spiro atoms. The van der Waals surface area contributed by atoms with E-state index >= 15 is 0 Å². The number of rotatable bonds is 7. The van der Waals surface area contributed by atoms with Crippen molar-refractivity contribution < 1.29 is 4.52 Å². The molecule has 27 heavy (non-hydrogen) atoms. The van der Waals surface area contributed by atoms with Gasteiger partial charge in [-0.15, -0.1) is 0 Å². The summed E-state index contributed by atoms with van der Waals surface area (Å²) in [7, 11) is 0. The molecule has 3 rings (SSSR count). The minimum Gasteiger partial charge on any atom is -0.357 e. The van der Waals surface area contributed by atoms with Crippen molar-refractivity contribution in [1.29, 1.82) is 0 Å². The molecule has 1 unspecified atom stereocenters. The third-order valence-electron chi connectivity index (χ3n) is 4.87. The van der Waals surface area contributed by atoms with E-state index < -0.39 is 0 Å². The third kappa shape index (κ3) is 5.55. The van der Waals surface area contributed by atoms with E-state index in [0.29, 0.717) is 24.8 Å². The largest absolute Gasteiger partial charge is 0.357 e. The van der Waals surface area contributed by atoms with Gasteiger partial charge in [-0.25, -0.2) is 0 Å². The van der Waals surface area contributed by atoms with Crippen molar-refractivity contribution in [2.24, 2.45) is 10.9 Å². The number of nitrogens with one attached hydrogen (secondary N) is 1. The number of nitrogens with zero attached hydrogens (tertiary/aromatic N) is 4. The summed E-state index contributed by atoms with van der Waals surface area (Å²) in [6.45, 7) is 9.88. The third-order valence-corrected chi connectivity index (χ3v) is 4.87. The van der Waals surface area contributed by atoms with Gasteiger partial charge < -0.3 is 14.7 Å². The highest BCUT2D eigenvalue weighted by molar-refractivity contribution is 5.80. The topological polar surface area (TPSA) is 66.5 Å². The van der Waals surface area contributed by atoms with Crippen molar-refractivity contribution in [3.8, 4) is 0 Å². The fraction of sp³-hybridized carbons (Fsp3) is 0.571. The first-order valence-corrected chi connectivity index (χ1v) is 10.0. The fourth-order valence-corrected chi connectivity index (χ4v) is 3.43. The first-order valence-electron chi connectivity index (χ1n) is 10.0. The normalized spacial score (nSPS) is 17.7. The molecule has 146 valence electrons. The summed E-state index contributed by atoms with van der Waals surface area (Å²) in [5.41, 5.74) is 1.42. The van der Waals surface area contributed by atoms with Crippen molar-refractivity contribution >= 4 is 5.96 Å². The second kappa shape index (κ2) is 9.53. The van der Waals surface area contributed by atoms with Crippen LogP contribution in [-0.2, 0) is 12.8 Å². The molecular formula is C21H31N5O. The van der Waals surface area contributed by atoms with Crippen LogP contribution >= 0.6 is 0 Å². The SMILES string of the molecule is CCNC(=NCCc1nc(C(C)C)no1)N1CCC(Cc2ccccc2)C1. The van der Waals surface area contributed by atoms with Gasteiger partial charge in [0, 0.05) is 32.0 Å². The van der Waals surface area contributed by atoms with Gasteiger partial charge in [-0.05, 0) is 31.2 Å².